The van der Waals surface area contributed by atoms with Crippen molar-refractivity contribution in [2.45, 2.75) is 19.9 Å². The summed E-state index contributed by atoms with van der Waals surface area (Å²) in [6, 6.07) is 0. The summed E-state index contributed by atoms with van der Waals surface area (Å²) in [4.78, 5) is 14.3. The third kappa shape index (κ3) is 1.80. The smallest absolute Gasteiger partial charge is 0.323 e. The summed E-state index contributed by atoms with van der Waals surface area (Å²) >= 11 is 0. The van der Waals surface area contributed by atoms with E-state index in [9.17, 15) is 4.79 Å². The Labute approximate surface area is 64.5 Å². The first kappa shape index (κ1) is 7.78. The second-order valence-electron chi connectivity index (χ2n) is 2.22. The van der Waals surface area contributed by atoms with Crippen molar-refractivity contribution in [1.82, 2.24) is 9.55 Å². The maximum atomic E-state index is 10.3. The molecule has 0 unspecified atom stereocenters. The fourth-order valence-corrected chi connectivity index (χ4v) is 0.944. The van der Waals surface area contributed by atoms with Crippen LogP contribution in [0.15, 0.2) is 12.4 Å². The Balaban J connectivity index is 2.76. The van der Waals surface area contributed by atoms with Crippen LogP contribution in [0.25, 0.3) is 0 Å². The average molecular weight is 154 g/mol. The topological polar surface area (TPSA) is 55.1 Å². The fourth-order valence-electron chi connectivity index (χ4n) is 0.944. The molecule has 1 aromatic heterocycles. The molecule has 0 spiro atoms. The van der Waals surface area contributed by atoms with Crippen LogP contribution in [-0.2, 0) is 17.8 Å². The van der Waals surface area contributed by atoms with Crippen molar-refractivity contribution in [1.29, 1.82) is 0 Å². The largest absolute Gasteiger partial charge is 0.480 e. The molecule has 0 bridgehead atoms. The number of hydrogen-bond donors (Lipinski definition) is 1. The summed E-state index contributed by atoms with van der Waals surface area (Å²) in [7, 11) is 0. The lowest BCUT2D eigenvalue weighted by Crippen LogP contribution is -2.10. The zero-order valence-corrected chi connectivity index (χ0v) is 6.32. The predicted molar refractivity (Wildman–Crippen MR) is 39.2 cm³/mol. The minimum Gasteiger partial charge on any atom is -0.480 e. The van der Waals surface area contributed by atoms with Crippen molar-refractivity contribution in [2.75, 3.05) is 0 Å². The monoisotopic (exact) mass is 154 g/mol. The van der Waals surface area contributed by atoms with Crippen LogP contribution in [0.3, 0.4) is 0 Å². The van der Waals surface area contributed by atoms with Crippen LogP contribution < -0.4 is 0 Å². The summed E-state index contributed by atoms with van der Waals surface area (Å²) in [6.07, 6.45) is 4.05. The summed E-state index contributed by atoms with van der Waals surface area (Å²) in [5, 5.41) is 8.46. The normalized spacial score (nSPS) is 9.91. The summed E-state index contributed by atoms with van der Waals surface area (Å²) in [5.41, 5.74) is 0. The Morgan fingerprint density at radius 1 is 1.82 bits per heavy atom. The van der Waals surface area contributed by atoms with Crippen molar-refractivity contribution in [3.05, 3.63) is 18.2 Å². The van der Waals surface area contributed by atoms with Crippen LogP contribution in [-0.4, -0.2) is 20.6 Å². The molecule has 1 heterocycles. The molecule has 0 saturated carbocycles. The molecule has 11 heavy (non-hydrogen) atoms. The second-order valence-corrected chi connectivity index (χ2v) is 2.22. The predicted octanol–water partition coefficient (Wildman–Crippen LogP) is 0.530. The van der Waals surface area contributed by atoms with Crippen LogP contribution in [0.1, 0.15) is 12.7 Å². The van der Waals surface area contributed by atoms with E-state index >= 15 is 0 Å². The van der Waals surface area contributed by atoms with E-state index in [0.717, 1.165) is 12.2 Å². The van der Waals surface area contributed by atoms with E-state index in [1.165, 1.54) is 0 Å². The number of carboxylic acid groups (broad SMARTS) is 1. The maximum Gasteiger partial charge on any atom is 0.323 e. The molecule has 0 amide bonds. The highest BCUT2D eigenvalue weighted by Crippen LogP contribution is 1.97. The minimum absolute atomic E-state index is 0.00315. The van der Waals surface area contributed by atoms with Gasteiger partial charge in [0.15, 0.2) is 0 Å². The van der Waals surface area contributed by atoms with Crippen molar-refractivity contribution < 1.29 is 9.90 Å². The van der Waals surface area contributed by atoms with Gasteiger partial charge in [-0.3, -0.25) is 4.79 Å². The molecule has 0 saturated heterocycles. The van der Waals surface area contributed by atoms with Crippen LogP contribution in [0, 0.1) is 0 Å². The van der Waals surface area contributed by atoms with Gasteiger partial charge in [0.2, 0.25) is 0 Å². The third-order valence-corrected chi connectivity index (χ3v) is 1.42. The molecule has 0 atom stereocenters. The highest BCUT2D eigenvalue weighted by atomic mass is 16.4. The van der Waals surface area contributed by atoms with Crippen molar-refractivity contribution in [2.24, 2.45) is 0 Å². The quantitative estimate of drug-likeness (QED) is 0.690. The Bertz CT molecular complexity index is 255. The standard InChI is InChI=1S/C7H10N2O2/c1-2-6-8-3-4-9(6)5-7(10)11/h3-4H,2,5H2,1H3,(H,10,11). The molecule has 0 aliphatic rings. The Morgan fingerprint density at radius 3 is 3.09 bits per heavy atom. The molecule has 0 radical (unpaired) electrons. The number of aliphatic carboxylic acids is 1. The second kappa shape index (κ2) is 3.18. The van der Waals surface area contributed by atoms with Gasteiger partial charge in [-0.05, 0) is 0 Å². The molecule has 0 aliphatic carbocycles. The lowest BCUT2D eigenvalue weighted by atomic mass is 10.4. The first-order chi connectivity index (χ1) is 5.24. The number of nitrogens with zero attached hydrogens (tertiary/aromatic N) is 2. The minimum atomic E-state index is -0.835. The van der Waals surface area contributed by atoms with E-state index in [2.05, 4.69) is 4.98 Å². The zero-order chi connectivity index (χ0) is 8.27. The van der Waals surface area contributed by atoms with E-state index in [1.807, 2.05) is 6.92 Å². The van der Waals surface area contributed by atoms with Crippen LogP contribution >= 0.6 is 0 Å². The van der Waals surface area contributed by atoms with Gasteiger partial charge in [-0.2, -0.15) is 0 Å². The van der Waals surface area contributed by atoms with Crippen LogP contribution in [0.4, 0.5) is 0 Å². The van der Waals surface area contributed by atoms with E-state index in [1.54, 1.807) is 17.0 Å². The van der Waals surface area contributed by atoms with E-state index in [4.69, 9.17) is 5.11 Å². The Hall–Kier alpha value is -1.32. The molecule has 0 fully saturated rings. The van der Waals surface area contributed by atoms with Crippen molar-refractivity contribution in [3.8, 4) is 0 Å². The summed E-state index contributed by atoms with van der Waals surface area (Å²) < 4.78 is 1.63. The SMILES string of the molecule is CCc1nccn1CC(=O)O. The first-order valence-corrected chi connectivity index (χ1v) is 3.46. The molecule has 0 aliphatic heterocycles. The Morgan fingerprint density at radius 2 is 2.55 bits per heavy atom. The number of aromatic nitrogens is 2. The van der Waals surface area contributed by atoms with E-state index < -0.39 is 5.97 Å². The van der Waals surface area contributed by atoms with E-state index in [-0.39, 0.29) is 6.54 Å². The van der Waals surface area contributed by atoms with E-state index in [0.29, 0.717) is 0 Å². The number of rotatable bonds is 3. The molecule has 1 aromatic rings. The maximum absolute atomic E-state index is 10.3. The van der Waals surface area contributed by atoms with Gasteiger partial charge in [0, 0.05) is 18.8 Å². The summed E-state index contributed by atoms with van der Waals surface area (Å²) in [5.74, 6) is -0.0231. The fraction of sp³-hybridized carbons (Fsp3) is 0.429. The van der Waals surface area contributed by atoms with Gasteiger partial charge in [0.1, 0.15) is 12.4 Å². The average Bonchev–Trinajstić information content (AvgIpc) is 2.34. The molecule has 4 nitrogen and oxygen atoms in total. The number of carboxylic acids is 1. The van der Waals surface area contributed by atoms with Gasteiger partial charge < -0.3 is 9.67 Å². The van der Waals surface area contributed by atoms with Gasteiger partial charge in [0.25, 0.3) is 0 Å². The molecule has 4 heteroatoms. The Kier molecular flexibility index (Phi) is 2.25. The van der Waals surface area contributed by atoms with Gasteiger partial charge in [-0.1, -0.05) is 6.92 Å². The number of hydrogen-bond acceptors (Lipinski definition) is 2. The molecular formula is C7H10N2O2. The third-order valence-electron chi connectivity index (χ3n) is 1.42. The van der Waals surface area contributed by atoms with Gasteiger partial charge in [-0.15, -0.1) is 0 Å². The zero-order valence-electron chi connectivity index (χ0n) is 6.32. The van der Waals surface area contributed by atoms with Gasteiger partial charge >= 0.3 is 5.97 Å². The van der Waals surface area contributed by atoms with Gasteiger partial charge in [-0.25, -0.2) is 4.98 Å². The number of carbonyl (C=O) groups is 1. The number of imidazole rings is 1. The lowest BCUT2D eigenvalue weighted by molar-refractivity contribution is -0.137. The first-order valence-electron chi connectivity index (χ1n) is 3.46. The molecular weight excluding hydrogens is 144 g/mol. The van der Waals surface area contributed by atoms with Crippen LogP contribution in [0.2, 0.25) is 0 Å². The molecule has 1 rings (SSSR count). The van der Waals surface area contributed by atoms with Crippen molar-refractivity contribution in [3.63, 3.8) is 0 Å². The van der Waals surface area contributed by atoms with Crippen molar-refractivity contribution >= 4 is 5.97 Å². The molecule has 60 valence electrons. The highest BCUT2D eigenvalue weighted by Gasteiger charge is 2.02. The van der Waals surface area contributed by atoms with Crippen LogP contribution in [0.5, 0.6) is 0 Å². The molecule has 0 aromatic carbocycles. The molecule has 1 N–H and O–H groups in total. The summed E-state index contributed by atoms with van der Waals surface area (Å²) in [6.45, 7) is 1.95. The lowest BCUT2D eigenvalue weighted by Gasteiger charge is -2.00. The number of aryl methyl sites for hydroxylation is 1. The van der Waals surface area contributed by atoms with Gasteiger partial charge in [0.05, 0.1) is 0 Å². The highest BCUT2D eigenvalue weighted by molar-refractivity contribution is 5.66.